The van der Waals surface area contributed by atoms with Crippen molar-refractivity contribution in [1.82, 2.24) is 0 Å². The van der Waals surface area contributed by atoms with Crippen LogP contribution < -0.4 is 0 Å². The van der Waals surface area contributed by atoms with E-state index in [1.807, 2.05) is 12.1 Å². The quantitative estimate of drug-likeness (QED) is 0.238. The maximum absolute atomic E-state index is 9.69. The first-order valence-electron chi connectivity index (χ1n) is 13.8. The minimum absolute atomic E-state index is 0.162. The highest BCUT2D eigenvalue weighted by Crippen LogP contribution is 2.36. The van der Waals surface area contributed by atoms with Gasteiger partial charge in [-0.3, -0.25) is 0 Å². The first kappa shape index (κ1) is 27.5. The number of rotatable bonds is 17. The highest BCUT2D eigenvalue weighted by Gasteiger charge is 2.28. The van der Waals surface area contributed by atoms with Crippen LogP contribution in [0.3, 0.4) is 0 Å². The van der Waals surface area contributed by atoms with E-state index in [9.17, 15) is 5.11 Å². The Morgan fingerprint density at radius 2 is 1.27 bits per heavy atom. The van der Waals surface area contributed by atoms with Crippen LogP contribution in [0.5, 0.6) is 5.75 Å². The maximum Gasteiger partial charge on any atom is 0.115 e. The molecule has 1 nitrogen and oxygen atoms in total. The van der Waals surface area contributed by atoms with Crippen molar-refractivity contribution in [3.63, 3.8) is 0 Å². The van der Waals surface area contributed by atoms with Gasteiger partial charge in [-0.05, 0) is 53.4 Å². The largest absolute Gasteiger partial charge is 0.508 e. The predicted molar refractivity (Wildman–Crippen MR) is 145 cm³/mol. The Bertz CT molecular complexity index is 731. The fourth-order valence-electron chi connectivity index (χ4n) is 5.26. The summed E-state index contributed by atoms with van der Waals surface area (Å²) in [4.78, 5) is 0. The standard InChI is InChI=1S/C32H50O/c1-5-6-7-8-9-10-11-12-13-15-18-27(2)29(25-28-21-23-31(33)24-22-28)26-32(3,4)30-19-16-14-17-20-30/h14,16-17,19-24,27,29,33H,5-13,15,18,25-26H2,1-4H3. The van der Waals surface area contributed by atoms with E-state index in [1.165, 1.54) is 88.2 Å². The van der Waals surface area contributed by atoms with Crippen LogP contribution in [0, 0.1) is 11.8 Å². The number of hydrogen-bond acceptors (Lipinski definition) is 1. The summed E-state index contributed by atoms with van der Waals surface area (Å²) >= 11 is 0. The SMILES string of the molecule is CCCCCCCCCCCCC(C)C(Cc1ccc(O)cc1)CC(C)(C)c1ccccc1. The minimum Gasteiger partial charge on any atom is -0.508 e. The number of unbranched alkanes of at least 4 members (excludes halogenated alkanes) is 9. The van der Waals surface area contributed by atoms with Gasteiger partial charge in [-0.1, -0.05) is 141 Å². The zero-order valence-electron chi connectivity index (χ0n) is 22.0. The summed E-state index contributed by atoms with van der Waals surface area (Å²) in [5, 5.41) is 9.69. The fourth-order valence-corrected chi connectivity index (χ4v) is 5.26. The van der Waals surface area contributed by atoms with Crippen LogP contribution in [-0.4, -0.2) is 5.11 Å². The molecule has 0 fully saturated rings. The molecule has 0 amide bonds. The van der Waals surface area contributed by atoms with E-state index < -0.39 is 0 Å². The minimum atomic E-state index is 0.162. The van der Waals surface area contributed by atoms with Crippen molar-refractivity contribution in [2.45, 2.75) is 117 Å². The van der Waals surface area contributed by atoms with Crippen LogP contribution in [0.1, 0.15) is 116 Å². The number of aromatic hydroxyl groups is 1. The van der Waals surface area contributed by atoms with E-state index in [0.29, 0.717) is 17.6 Å². The summed E-state index contributed by atoms with van der Waals surface area (Å²) in [5.41, 5.74) is 2.94. The van der Waals surface area contributed by atoms with Crippen molar-refractivity contribution < 1.29 is 5.11 Å². The van der Waals surface area contributed by atoms with Gasteiger partial charge in [0, 0.05) is 0 Å². The third-order valence-corrected chi connectivity index (χ3v) is 7.58. The molecular formula is C32H50O. The lowest BCUT2D eigenvalue weighted by Gasteiger charge is -2.34. The highest BCUT2D eigenvalue weighted by atomic mass is 16.3. The lowest BCUT2D eigenvalue weighted by molar-refractivity contribution is 0.255. The van der Waals surface area contributed by atoms with Crippen LogP contribution in [0.4, 0.5) is 0 Å². The monoisotopic (exact) mass is 450 g/mol. The second kappa shape index (κ2) is 15.2. The van der Waals surface area contributed by atoms with Crippen molar-refractivity contribution in [3.05, 3.63) is 65.7 Å². The van der Waals surface area contributed by atoms with Crippen LogP contribution in [0.2, 0.25) is 0 Å². The normalized spacial score (nSPS) is 13.7. The Hall–Kier alpha value is -1.76. The van der Waals surface area contributed by atoms with Crippen molar-refractivity contribution >= 4 is 0 Å². The molecule has 0 saturated heterocycles. The van der Waals surface area contributed by atoms with Gasteiger partial charge in [0.2, 0.25) is 0 Å². The molecule has 2 atom stereocenters. The first-order valence-corrected chi connectivity index (χ1v) is 13.8. The molecule has 2 rings (SSSR count). The van der Waals surface area contributed by atoms with Crippen LogP contribution in [0.25, 0.3) is 0 Å². The van der Waals surface area contributed by atoms with Gasteiger partial charge in [0.25, 0.3) is 0 Å². The molecule has 0 heterocycles. The average Bonchev–Trinajstić information content (AvgIpc) is 2.81. The molecule has 0 aliphatic carbocycles. The van der Waals surface area contributed by atoms with E-state index in [1.54, 1.807) is 0 Å². The summed E-state index contributed by atoms with van der Waals surface area (Å²) in [6, 6.07) is 18.9. The maximum atomic E-state index is 9.69. The Labute approximate surface area is 205 Å². The van der Waals surface area contributed by atoms with Crippen molar-refractivity contribution in [2.75, 3.05) is 0 Å². The van der Waals surface area contributed by atoms with Gasteiger partial charge in [0.1, 0.15) is 5.75 Å². The molecule has 1 N–H and O–H groups in total. The number of hydrogen-bond donors (Lipinski definition) is 1. The molecular weight excluding hydrogens is 400 g/mol. The van der Waals surface area contributed by atoms with E-state index in [2.05, 4.69) is 70.2 Å². The van der Waals surface area contributed by atoms with Crippen LogP contribution in [-0.2, 0) is 11.8 Å². The van der Waals surface area contributed by atoms with Gasteiger partial charge in [-0.25, -0.2) is 0 Å². The Morgan fingerprint density at radius 3 is 1.85 bits per heavy atom. The molecule has 1 heteroatoms. The summed E-state index contributed by atoms with van der Waals surface area (Å²) in [5.74, 6) is 1.71. The smallest absolute Gasteiger partial charge is 0.115 e. The number of phenolic OH excluding ortho intramolecular Hbond substituents is 1. The zero-order chi connectivity index (χ0) is 23.9. The molecule has 0 saturated carbocycles. The summed E-state index contributed by atoms with van der Waals surface area (Å²) in [6.45, 7) is 9.57. The topological polar surface area (TPSA) is 20.2 Å². The molecule has 184 valence electrons. The average molecular weight is 451 g/mol. The molecule has 0 aliphatic heterocycles. The molecule has 2 aromatic rings. The van der Waals surface area contributed by atoms with E-state index in [0.717, 1.165) is 6.42 Å². The Morgan fingerprint density at radius 1 is 0.727 bits per heavy atom. The first-order chi connectivity index (χ1) is 15.9. The molecule has 0 spiro atoms. The number of phenols is 1. The van der Waals surface area contributed by atoms with Crippen LogP contribution >= 0.6 is 0 Å². The van der Waals surface area contributed by atoms with Gasteiger partial charge in [-0.2, -0.15) is 0 Å². The van der Waals surface area contributed by atoms with Gasteiger partial charge in [0.05, 0.1) is 0 Å². The second-order valence-corrected chi connectivity index (χ2v) is 11.0. The van der Waals surface area contributed by atoms with E-state index in [-0.39, 0.29) is 5.41 Å². The highest BCUT2D eigenvalue weighted by molar-refractivity contribution is 5.27. The van der Waals surface area contributed by atoms with Crippen molar-refractivity contribution in [1.29, 1.82) is 0 Å². The van der Waals surface area contributed by atoms with Crippen molar-refractivity contribution in [2.24, 2.45) is 11.8 Å². The Balaban J connectivity index is 1.85. The molecule has 33 heavy (non-hydrogen) atoms. The Kier molecular flexibility index (Phi) is 12.7. The summed E-state index contributed by atoms with van der Waals surface area (Å²) < 4.78 is 0. The van der Waals surface area contributed by atoms with E-state index >= 15 is 0 Å². The lowest BCUT2D eigenvalue weighted by atomic mass is 9.71. The van der Waals surface area contributed by atoms with Gasteiger partial charge < -0.3 is 5.11 Å². The van der Waals surface area contributed by atoms with E-state index in [4.69, 9.17) is 0 Å². The second-order valence-electron chi connectivity index (χ2n) is 11.0. The summed E-state index contributed by atoms with van der Waals surface area (Å²) in [7, 11) is 0. The molecule has 0 radical (unpaired) electrons. The fraction of sp³-hybridized carbons (Fsp3) is 0.625. The van der Waals surface area contributed by atoms with Crippen molar-refractivity contribution in [3.8, 4) is 5.75 Å². The molecule has 0 aliphatic rings. The molecule has 2 unspecified atom stereocenters. The zero-order valence-corrected chi connectivity index (χ0v) is 22.0. The predicted octanol–water partition coefficient (Wildman–Crippen LogP) is 9.87. The van der Waals surface area contributed by atoms with Gasteiger partial charge in [0.15, 0.2) is 0 Å². The summed E-state index contributed by atoms with van der Waals surface area (Å²) in [6.07, 6.45) is 17.6. The van der Waals surface area contributed by atoms with Crippen LogP contribution in [0.15, 0.2) is 54.6 Å². The third kappa shape index (κ3) is 10.8. The van der Waals surface area contributed by atoms with Gasteiger partial charge >= 0.3 is 0 Å². The lowest BCUT2D eigenvalue weighted by Crippen LogP contribution is -2.26. The number of benzene rings is 2. The third-order valence-electron chi connectivity index (χ3n) is 7.58. The molecule has 0 aromatic heterocycles. The molecule has 0 bridgehead atoms. The van der Waals surface area contributed by atoms with Gasteiger partial charge in [-0.15, -0.1) is 0 Å². The molecule has 2 aromatic carbocycles.